The fourth-order valence-electron chi connectivity index (χ4n) is 4.99. The summed E-state index contributed by atoms with van der Waals surface area (Å²) in [6, 6.07) is 22.3. The van der Waals surface area contributed by atoms with Crippen molar-refractivity contribution < 1.29 is 13.9 Å². The topological polar surface area (TPSA) is 76.4 Å². The predicted molar refractivity (Wildman–Crippen MR) is 151 cm³/mol. The van der Waals surface area contributed by atoms with E-state index in [-0.39, 0.29) is 17.5 Å². The molecule has 1 aliphatic rings. The Morgan fingerprint density at radius 3 is 2.49 bits per heavy atom. The van der Waals surface area contributed by atoms with Gasteiger partial charge < -0.3 is 19.1 Å². The number of carbonyl (C=O) groups excluding carboxylic acids is 1. The summed E-state index contributed by atoms with van der Waals surface area (Å²) in [5.74, 6) is 0.856. The molecule has 8 nitrogen and oxygen atoms in total. The molecule has 1 aliphatic heterocycles. The SMILES string of the molecule is COc1ccccc1N1CCN(C(=O)CSc2nnc3c4ccccc4n(Cc4ccc(F)cc4)c3n2)CC1. The van der Waals surface area contributed by atoms with Gasteiger partial charge in [0.05, 0.1) is 24.1 Å². The Bertz CT molecular complexity index is 1630. The van der Waals surface area contributed by atoms with Crippen molar-refractivity contribution in [1.82, 2.24) is 24.6 Å². The molecule has 1 fully saturated rings. The van der Waals surface area contributed by atoms with E-state index in [0.29, 0.717) is 36.0 Å². The van der Waals surface area contributed by atoms with E-state index in [2.05, 4.69) is 19.7 Å². The van der Waals surface area contributed by atoms with Crippen molar-refractivity contribution >= 4 is 45.4 Å². The van der Waals surface area contributed by atoms with E-state index in [0.717, 1.165) is 41.0 Å². The van der Waals surface area contributed by atoms with Gasteiger partial charge in [-0.25, -0.2) is 9.37 Å². The van der Waals surface area contributed by atoms with Crippen LogP contribution >= 0.6 is 11.8 Å². The van der Waals surface area contributed by atoms with Crippen LogP contribution in [0.2, 0.25) is 0 Å². The predicted octanol–water partition coefficient (Wildman–Crippen LogP) is 4.62. The number of amides is 1. The van der Waals surface area contributed by atoms with Crippen molar-refractivity contribution in [3.8, 4) is 5.75 Å². The first kappa shape index (κ1) is 25.1. The minimum atomic E-state index is -0.269. The zero-order valence-corrected chi connectivity index (χ0v) is 22.3. The van der Waals surface area contributed by atoms with Gasteiger partial charge in [-0.1, -0.05) is 54.2 Å². The Hall–Kier alpha value is -4.18. The maximum absolute atomic E-state index is 13.5. The summed E-state index contributed by atoms with van der Waals surface area (Å²) >= 11 is 1.29. The van der Waals surface area contributed by atoms with E-state index in [4.69, 9.17) is 9.72 Å². The number of ether oxygens (including phenoxy) is 1. The Labute approximate surface area is 229 Å². The molecule has 0 spiro atoms. The number of fused-ring (bicyclic) bond motifs is 3. The smallest absolute Gasteiger partial charge is 0.233 e. The van der Waals surface area contributed by atoms with E-state index in [1.165, 1.54) is 23.9 Å². The summed E-state index contributed by atoms with van der Waals surface area (Å²) in [6.45, 7) is 3.28. The highest BCUT2D eigenvalue weighted by Crippen LogP contribution is 2.30. The molecule has 0 bridgehead atoms. The summed E-state index contributed by atoms with van der Waals surface area (Å²) in [5, 5.41) is 10.2. The Morgan fingerprint density at radius 1 is 0.949 bits per heavy atom. The minimum absolute atomic E-state index is 0.0511. The number of rotatable bonds is 7. The average Bonchev–Trinajstić information content (AvgIpc) is 3.29. The van der Waals surface area contributed by atoms with Crippen molar-refractivity contribution in [3.05, 3.63) is 84.2 Å². The minimum Gasteiger partial charge on any atom is -0.495 e. The van der Waals surface area contributed by atoms with Gasteiger partial charge in [-0.3, -0.25) is 4.79 Å². The molecule has 6 rings (SSSR count). The monoisotopic (exact) mass is 542 g/mol. The van der Waals surface area contributed by atoms with Gasteiger partial charge in [0.25, 0.3) is 0 Å². The van der Waals surface area contributed by atoms with Crippen LogP contribution in [-0.2, 0) is 11.3 Å². The molecule has 1 saturated heterocycles. The van der Waals surface area contributed by atoms with Gasteiger partial charge in [-0.15, -0.1) is 10.2 Å². The number of hydrogen-bond acceptors (Lipinski definition) is 7. The fourth-order valence-corrected chi connectivity index (χ4v) is 5.67. The number of thioether (sulfide) groups is 1. The molecular weight excluding hydrogens is 515 g/mol. The van der Waals surface area contributed by atoms with Crippen molar-refractivity contribution in [1.29, 1.82) is 0 Å². The van der Waals surface area contributed by atoms with E-state index < -0.39 is 0 Å². The second-order valence-corrected chi connectivity index (χ2v) is 10.3. The molecule has 5 aromatic rings. The Morgan fingerprint density at radius 2 is 1.69 bits per heavy atom. The molecule has 39 heavy (non-hydrogen) atoms. The van der Waals surface area contributed by atoms with Gasteiger partial charge in [0, 0.05) is 38.1 Å². The molecule has 2 aromatic heterocycles. The first-order valence-electron chi connectivity index (χ1n) is 12.8. The van der Waals surface area contributed by atoms with Crippen LogP contribution in [0.3, 0.4) is 0 Å². The first-order chi connectivity index (χ1) is 19.1. The van der Waals surface area contributed by atoms with Crippen molar-refractivity contribution in [2.24, 2.45) is 0 Å². The molecule has 0 atom stereocenters. The number of piperazine rings is 1. The maximum Gasteiger partial charge on any atom is 0.233 e. The van der Waals surface area contributed by atoms with Gasteiger partial charge in [0.15, 0.2) is 5.65 Å². The maximum atomic E-state index is 13.5. The number of methoxy groups -OCH3 is 1. The van der Waals surface area contributed by atoms with Crippen LogP contribution in [0, 0.1) is 5.82 Å². The number of halogens is 1. The summed E-state index contributed by atoms with van der Waals surface area (Å²) in [4.78, 5) is 22.0. The highest BCUT2D eigenvalue weighted by atomic mass is 32.2. The van der Waals surface area contributed by atoms with Crippen LogP contribution in [0.4, 0.5) is 10.1 Å². The summed E-state index contributed by atoms with van der Waals surface area (Å²) < 4.78 is 21.0. The molecule has 0 saturated carbocycles. The van der Waals surface area contributed by atoms with Gasteiger partial charge in [0.2, 0.25) is 11.1 Å². The van der Waals surface area contributed by atoms with Gasteiger partial charge in [-0.2, -0.15) is 0 Å². The Balaban J connectivity index is 1.16. The Kier molecular flexibility index (Phi) is 7.02. The molecule has 3 aromatic carbocycles. The molecule has 0 aliphatic carbocycles. The van der Waals surface area contributed by atoms with Crippen LogP contribution in [0.15, 0.2) is 78.0 Å². The van der Waals surface area contributed by atoms with Gasteiger partial charge in [-0.05, 0) is 35.9 Å². The quantitative estimate of drug-likeness (QED) is 0.278. The molecule has 198 valence electrons. The zero-order chi connectivity index (χ0) is 26.8. The summed E-state index contributed by atoms with van der Waals surface area (Å²) in [7, 11) is 1.67. The molecule has 0 radical (unpaired) electrons. The molecule has 0 unspecified atom stereocenters. The number of carbonyl (C=O) groups is 1. The number of aromatic nitrogens is 4. The lowest BCUT2D eigenvalue weighted by Crippen LogP contribution is -2.49. The molecule has 0 N–H and O–H groups in total. The van der Waals surface area contributed by atoms with Crippen LogP contribution in [0.25, 0.3) is 22.1 Å². The van der Waals surface area contributed by atoms with Crippen molar-refractivity contribution in [2.75, 3.05) is 43.9 Å². The van der Waals surface area contributed by atoms with E-state index in [9.17, 15) is 9.18 Å². The van der Waals surface area contributed by atoms with Crippen LogP contribution < -0.4 is 9.64 Å². The number of nitrogens with zero attached hydrogens (tertiary/aromatic N) is 6. The summed E-state index contributed by atoms with van der Waals surface area (Å²) in [6.07, 6.45) is 0. The lowest BCUT2D eigenvalue weighted by Gasteiger charge is -2.36. The van der Waals surface area contributed by atoms with Crippen LogP contribution in [0.1, 0.15) is 5.56 Å². The van der Waals surface area contributed by atoms with Crippen LogP contribution in [0.5, 0.6) is 5.75 Å². The third-order valence-corrected chi connectivity index (χ3v) is 7.81. The first-order valence-corrected chi connectivity index (χ1v) is 13.7. The van der Waals surface area contributed by atoms with E-state index in [1.807, 2.05) is 53.4 Å². The van der Waals surface area contributed by atoms with Gasteiger partial charge in [0.1, 0.15) is 17.1 Å². The third-order valence-electron chi connectivity index (χ3n) is 6.99. The average molecular weight is 543 g/mol. The number of para-hydroxylation sites is 3. The molecule has 3 heterocycles. The standard InChI is InChI=1S/C29H27FN6O2S/c1-38-25-9-5-4-8-24(25)34-14-16-35(17-15-34)26(37)19-39-29-31-28-27(32-33-29)22-6-2-3-7-23(22)36(28)18-20-10-12-21(30)13-11-20/h2-13H,14-19H2,1H3. The lowest BCUT2D eigenvalue weighted by molar-refractivity contribution is -0.128. The van der Waals surface area contributed by atoms with Crippen LogP contribution in [-0.4, -0.2) is 69.6 Å². The van der Waals surface area contributed by atoms with Crippen molar-refractivity contribution in [3.63, 3.8) is 0 Å². The summed E-state index contributed by atoms with van der Waals surface area (Å²) in [5.41, 5.74) is 4.37. The highest BCUT2D eigenvalue weighted by molar-refractivity contribution is 7.99. The number of benzene rings is 3. The molecule has 10 heteroatoms. The third kappa shape index (κ3) is 5.12. The largest absolute Gasteiger partial charge is 0.495 e. The van der Waals surface area contributed by atoms with Gasteiger partial charge >= 0.3 is 0 Å². The van der Waals surface area contributed by atoms with E-state index in [1.54, 1.807) is 19.2 Å². The van der Waals surface area contributed by atoms with Crippen molar-refractivity contribution in [2.45, 2.75) is 11.7 Å². The second-order valence-electron chi connectivity index (χ2n) is 9.32. The van der Waals surface area contributed by atoms with E-state index >= 15 is 0 Å². The fraction of sp³-hybridized carbons (Fsp3) is 0.241. The second kappa shape index (κ2) is 10.9. The molecular formula is C29H27FN6O2S. The highest BCUT2D eigenvalue weighted by Gasteiger charge is 2.23. The molecule has 1 amide bonds. The number of anilines is 1. The zero-order valence-electron chi connectivity index (χ0n) is 21.5. The normalized spacial score (nSPS) is 13.8. The lowest BCUT2D eigenvalue weighted by atomic mass is 10.2. The number of hydrogen-bond donors (Lipinski definition) is 0.